The van der Waals surface area contributed by atoms with Gasteiger partial charge < -0.3 is 11.1 Å². The highest BCUT2D eigenvalue weighted by atomic mass is 32.1. The zero-order valence-corrected chi connectivity index (χ0v) is 13.0. The first-order valence-corrected chi connectivity index (χ1v) is 7.75. The molecule has 0 spiro atoms. The standard InChI is InChI=1S/C16H23FN2S/c1-10(2)12-5-3-4-6-14(12)19-15-8-7-11(17)9-13(15)16(18)20/h7-10,12,14,19H,3-6H2,1-2H3,(H2,18,20). The molecule has 0 aromatic heterocycles. The van der Waals surface area contributed by atoms with Crippen LogP contribution >= 0.6 is 12.2 Å². The maximum Gasteiger partial charge on any atom is 0.124 e. The van der Waals surface area contributed by atoms with Crippen LogP contribution in [0.2, 0.25) is 0 Å². The van der Waals surface area contributed by atoms with E-state index in [1.54, 1.807) is 6.07 Å². The Kier molecular flexibility index (Phi) is 4.97. The maximum atomic E-state index is 13.3. The SMILES string of the molecule is CC(C)C1CCCCC1Nc1ccc(F)cc1C(N)=S. The Hall–Kier alpha value is -1.16. The summed E-state index contributed by atoms with van der Waals surface area (Å²) in [6, 6.07) is 5.03. The minimum atomic E-state index is -0.303. The van der Waals surface area contributed by atoms with Crippen LogP contribution in [0.25, 0.3) is 0 Å². The van der Waals surface area contributed by atoms with Crippen LogP contribution in [0.1, 0.15) is 45.1 Å². The molecule has 2 rings (SSSR count). The van der Waals surface area contributed by atoms with Crippen LogP contribution < -0.4 is 11.1 Å². The summed E-state index contributed by atoms with van der Waals surface area (Å²) in [7, 11) is 0. The van der Waals surface area contributed by atoms with Crippen LogP contribution in [0.5, 0.6) is 0 Å². The van der Waals surface area contributed by atoms with Crippen LogP contribution in [0.4, 0.5) is 10.1 Å². The molecule has 0 aliphatic heterocycles. The second-order valence-electron chi connectivity index (χ2n) is 6.00. The fraction of sp³-hybridized carbons (Fsp3) is 0.562. The van der Waals surface area contributed by atoms with E-state index in [0.29, 0.717) is 23.4 Å². The van der Waals surface area contributed by atoms with E-state index in [-0.39, 0.29) is 10.8 Å². The molecule has 3 N–H and O–H groups in total. The predicted molar refractivity (Wildman–Crippen MR) is 86.5 cm³/mol. The Morgan fingerprint density at radius 2 is 2.05 bits per heavy atom. The second kappa shape index (κ2) is 6.53. The van der Waals surface area contributed by atoms with E-state index in [1.165, 1.54) is 31.4 Å². The first kappa shape index (κ1) is 15.2. The van der Waals surface area contributed by atoms with Crippen LogP contribution in [0.15, 0.2) is 18.2 Å². The van der Waals surface area contributed by atoms with Crippen molar-refractivity contribution in [1.29, 1.82) is 0 Å². The van der Waals surface area contributed by atoms with Crippen molar-refractivity contribution in [2.45, 2.75) is 45.6 Å². The minimum absolute atomic E-state index is 0.240. The van der Waals surface area contributed by atoms with E-state index < -0.39 is 0 Å². The van der Waals surface area contributed by atoms with Gasteiger partial charge in [-0.25, -0.2) is 4.39 Å². The van der Waals surface area contributed by atoms with E-state index >= 15 is 0 Å². The molecule has 2 nitrogen and oxygen atoms in total. The summed E-state index contributed by atoms with van der Waals surface area (Å²) in [6.45, 7) is 4.54. The van der Waals surface area contributed by atoms with E-state index in [0.717, 1.165) is 12.1 Å². The third-order valence-corrected chi connectivity index (χ3v) is 4.48. The van der Waals surface area contributed by atoms with Crippen LogP contribution in [-0.2, 0) is 0 Å². The van der Waals surface area contributed by atoms with Gasteiger partial charge in [0.25, 0.3) is 0 Å². The third kappa shape index (κ3) is 3.48. The van der Waals surface area contributed by atoms with E-state index in [1.807, 2.05) is 0 Å². The molecule has 4 heteroatoms. The molecule has 1 saturated carbocycles. The summed E-state index contributed by atoms with van der Waals surface area (Å²) in [5.74, 6) is 0.983. The summed E-state index contributed by atoms with van der Waals surface area (Å²) >= 11 is 5.03. The summed E-state index contributed by atoms with van der Waals surface area (Å²) in [5, 5.41) is 3.56. The lowest BCUT2D eigenvalue weighted by Crippen LogP contribution is -2.35. The first-order chi connectivity index (χ1) is 9.49. The number of rotatable bonds is 4. The molecule has 0 amide bonds. The molecule has 1 aromatic carbocycles. The zero-order chi connectivity index (χ0) is 14.7. The number of nitrogens with two attached hydrogens (primary N) is 1. The van der Waals surface area contributed by atoms with Gasteiger partial charge >= 0.3 is 0 Å². The maximum absolute atomic E-state index is 13.3. The van der Waals surface area contributed by atoms with Gasteiger partial charge in [-0.3, -0.25) is 0 Å². The highest BCUT2D eigenvalue weighted by molar-refractivity contribution is 7.80. The molecule has 0 saturated heterocycles. The Balaban J connectivity index is 2.22. The molecule has 1 fully saturated rings. The van der Waals surface area contributed by atoms with Crippen molar-refractivity contribution < 1.29 is 4.39 Å². The molecular weight excluding hydrogens is 271 g/mol. The van der Waals surface area contributed by atoms with Gasteiger partial charge in [-0.2, -0.15) is 0 Å². The van der Waals surface area contributed by atoms with Crippen molar-refractivity contribution in [2.24, 2.45) is 17.6 Å². The molecule has 0 heterocycles. The topological polar surface area (TPSA) is 38.0 Å². The van der Waals surface area contributed by atoms with Gasteiger partial charge in [0.05, 0.1) is 0 Å². The number of hydrogen-bond donors (Lipinski definition) is 2. The highest BCUT2D eigenvalue weighted by Crippen LogP contribution is 2.33. The van der Waals surface area contributed by atoms with E-state index in [2.05, 4.69) is 19.2 Å². The second-order valence-corrected chi connectivity index (χ2v) is 6.44. The normalized spacial score (nSPS) is 22.8. The quantitative estimate of drug-likeness (QED) is 0.822. The Morgan fingerprint density at radius 3 is 2.70 bits per heavy atom. The summed E-state index contributed by atoms with van der Waals surface area (Å²) < 4.78 is 13.3. The van der Waals surface area contributed by atoms with Gasteiger partial charge in [0.2, 0.25) is 0 Å². The molecule has 110 valence electrons. The fourth-order valence-electron chi connectivity index (χ4n) is 3.18. The number of anilines is 1. The van der Waals surface area contributed by atoms with Gasteiger partial charge in [0.15, 0.2) is 0 Å². The van der Waals surface area contributed by atoms with Crippen molar-refractivity contribution in [3.8, 4) is 0 Å². The first-order valence-electron chi connectivity index (χ1n) is 7.35. The van der Waals surface area contributed by atoms with Crippen molar-refractivity contribution in [3.63, 3.8) is 0 Å². The smallest absolute Gasteiger partial charge is 0.124 e. The van der Waals surface area contributed by atoms with Gasteiger partial charge in [0.1, 0.15) is 10.8 Å². The van der Waals surface area contributed by atoms with Crippen molar-refractivity contribution >= 4 is 22.9 Å². The third-order valence-electron chi connectivity index (χ3n) is 4.26. The van der Waals surface area contributed by atoms with Crippen molar-refractivity contribution in [3.05, 3.63) is 29.6 Å². The number of thiocarbonyl (C=S) groups is 1. The van der Waals surface area contributed by atoms with Crippen LogP contribution in [-0.4, -0.2) is 11.0 Å². The Labute approximate surface area is 125 Å². The molecule has 2 unspecified atom stereocenters. The lowest BCUT2D eigenvalue weighted by Gasteiger charge is -2.36. The fourth-order valence-corrected chi connectivity index (χ4v) is 3.35. The van der Waals surface area contributed by atoms with Gasteiger partial charge in [-0.15, -0.1) is 0 Å². The van der Waals surface area contributed by atoms with Crippen LogP contribution in [0, 0.1) is 17.7 Å². The monoisotopic (exact) mass is 294 g/mol. The molecule has 2 atom stereocenters. The average molecular weight is 294 g/mol. The van der Waals surface area contributed by atoms with Gasteiger partial charge in [-0.1, -0.05) is 38.9 Å². The average Bonchev–Trinajstić information content (AvgIpc) is 2.41. The molecule has 0 bridgehead atoms. The number of nitrogens with one attached hydrogen (secondary N) is 1. The number of benzene rings is 1. The summed E-state index contributed by atoms with van der Waals surface area (Å²) in [4.78, 5) is 0.240. The summed E-state index contributed by atoms with van der Waals surface area (Å²) in [5.41, 5.74) is 7.17. The number of hydrogen-bond acceptors (Lipinski definition) is 2. The van der Waals surface area contributed by atoms with Crippen molar-refractivity contribution in [1.82, 2.24) is 0 Å². The molecule has 20 heavy (non-hydrogen) atoms. The Morgan fingerprint density at radius 1 is 1.35 bits per heavy atom. The zero-order valence-electron chi connectivity index (χ0n) is 12.2. The van der Waals surface area contributed by atoms with Gasteiger partial charge in [-0.05, 0) is 42.9 Å². The molecular formula is C16H23FN2S. The highest BCUT2D eigenvalue weighted by Gasteiger charge is 2.27. The van der Waals surface area contributed by atoms with Crippen LogP contribution in [0.3, 0.4) is 0 Å². The molecule has 1 aliphatic rings. The molecule has 0 radical (unpaired) electrons. The lowest BCUT2D eigenvalue weighted by atomic mass is 9.77. The van der Waals surface area contributed by atoms with E-state index in [4.69, 9.17) is 18.0 Å². The molecule has 1 aliphatic carbocycles. The number of halogens is 1. The van der Waals surface area contributed by atoms with Gasteiger partial charge in [0, 0.05) is 17.3 Å². The largest absolute Gasteiger partial charge is 0.389 e. The summed E-state index contributed by atoms with van der Waals surface area (Å²) in [6.07, 6.45) is 4.94. The lowest BCUT2D eigenvalue weighted by molar-refractivity contribution is 0.254. The molecule has 1 aromatic rings. The van der Waals surface area contributed by atoms with E-state index in [9.17, 15) is 4.39 Å². The predicted octanol–water partition coefficient (Wildman–Crippen LogP) is 4.09. The minimum Gasteiger partial charge on any atom is -0.389 e. The van der Waals surface area contributed by atoms with Crippen molar-refractivity contribution in [2.75, 3.05) is 5.32 Å². The Bertz CT molecular complexity index is 487.